The highest BCUT2D eigenvalue weighted by atomic mass is 19.1. The van der Waals surface area contributed by atoms with Crippen molar-refractivity contribution in [1.29, 1.82) is 0 Å². The van der Waals surface area contributed by atoms with Gasteiger partial charge in [0.2, 0.25) is 0 Å². The fourth-order valence-electron chi connectivity index (χ4n) is 1.31. The third-order valence-corrected chi connectivity index (χ3v) is 2.46. The van der Waals surface area contributed by atoms with Crippen molar-refractivity contribution in [3.63, 3.8) is 0 Å². The highest BCUT2D eigenvalue weighted by molar-refractivity contribution is 5.94. The molecular formula is C12H12FNO3. The van der Waals surface area contributed by atoms with Gasteiger partial charge in [-0.3, -0.25) is 9.59 Å². The van der Waals surface area contributed by atoms with E-state index in [0.29, 0.717) is 5.56 Å². The number of nitrogens with one attached hydrogen (secondary N) is 1. The standard InChI is InChI=1S/C12H12FNO3/c13-10-5-3-8(4-6-10)11(15)14-7-17-12(16)9-1-2-9/h3-6,9H,1-2,7H2,(H,14,15). The number of carbonyl (C=O) groups is 2. The molecule has 0 unspecified atom stereocenters. The molecular weight excluding hydrogens is 225 g/mol. The number of benzene rings is 1. The molecule has 5 heteroatoms. The zero-order valence-corrected chi connectivity index (χ0v) is 9.11. The fourth-order valence-corrected chi connectivity index (χ4v) is 1.31. The maximum atomic E-state index is 12.6. The number of rotatable bonds is 4. The first-order valence-corrected chi connectivity index (χ1v) is 5.37. The van der Waals surface area contributed by atoms with E-state index in [-0.39, 0.29) is 18.6 Å². The van der Waals surface area contributed by atoms with Gasteiger partial charge in [-0.05, 0) is 37.1 Å². The number of hydrogen-bond donors (Lipinski definition) is 1. The van der Waals surface area contributed by atoms with Gasteiger partial charge in [0.15, 0.2) is 6.73 Å². The highest BCUT2D eigenvalue weighted by Gasteiger charge is 2.31. The molecule has 0 radical (unpaired) electrons. The average molecular weight is 237 g/mol. The molecule has 0 aromatic heterocycles. The Kier molecular flexibility index (Phi) is 3.37. The van der Waals surface area contributed by atoms with E-state index >= 15 is 0 Å². The van der Waals surface area contributed by atoms with Crippen LogP contribution in [-0.2, 0) is 9.53 Å². The van der Waals surface area contributed by atoms with E-state index < -0.39 is 11.7 Å². The normalized spacial score (nSPS) is 14.2. The maximum absolute atomic E-state index is 12.6. The van der Waals surface area contributed by atoms with E-state index in [9.17, 15) is 14.0 Å². The molecule has 1 saturated carbocycles. The van der Waals surface area contributed by atoms with E-state index in [1.807, 2.05) is 0 Å². The van der Waals surface area contributed by atoms with Crippen LogP contribution in [0.25, 0.3) is 0 Å². The van der Waals surface area contributed by atoms with Crippen molar-refractivity contribution < 1.29 is 18.7 Å². The van der Waals surface area contributed by atoms with Gasteiger partial charge in [0.1, 0.15) is 5.82 Å². The molecule has 1 fully saturated rings. The summed E-state index contributed by atoms with van der Waals surface area (Å²) in [6.45, 7) is -0.147. The van der Waals surface area contributed by atoms with Gasteiger partial charge in [0.05, 0.1) is 5.92 Å². The second kappa shape index (κ2) is 4.95. The number of ether oxygens (including phenoxy) is 1. The Morgan fingerprint density at radius 2 is 1.94 bits per heavy atom. The molecule has 1 N–H and O–H groups in total. The van der Waals surface area contributed by atoms with Crippen molar-refractivity contribution in [3.8, 4) is 0 Å². The van der Waals surface area contributed by atoms with Crippen molar-refractivity contribution in [2.45, 2.75) is 12.8 Å². The molecule has 0 spiro atoms. The van der Waals surface area contributed by atoms with Crippen LogP contribution in [-0.4, -0.2) is 18.6 Å². The van der Waals surface area contributed by atoms with E-state index in [1.165, 1.54) is 24.3 Å². The summed E-state index contributed by atoms with van der Waals surface area (Å²) in [6, 6.07) is 5.14. The Bertz CT molecular complexity index is 426. The van der Waals surface area contributed by atoms with Crippen molar-refractivity contribution in [1.82, 2.24) is 5.32 Å². The lowest BCUT2D eigenvalue weighted by Gasteiger charge is -2.06. The van der Waals surface area contributed by atoms with Gasteiger partial charge in [-0.15, -0.1) is 0 Å². The van der Waals surface area contributed by atoms with Gasteiger partial charge < -0.3 is 10.1 Å². The van der Waals surface area contributed by atoms with E-state index in [1.54, 1.807) is 0 Å². The lowest BCUT2D eigenvalue weighted by Crippen LogP contribution is -2.28. The minimum Gasteiger partial charge on any atom is -0.444 e. The number of halogens is 1. The molecule has 0 atom stereocenters. The summed E-state index contributed by atoms with van der Waals surface area (Å²) in [5, 5.41) is 2.43. The summed E-state index contributed by atoms with van der Waals surface area (Å²) in [5.74, 6) is -1.06. The first kappa shape index (κ1) is 11.6. The van der Waals surface area contributed by atoms with Crippen molar-refractivity contribution >= 4 is 11.9 Å². The number of carbonyl (C=O) groups excluding carboxylic acids is 2. The summed E-state index contributed by atoms with van der Waals surface area (Å²) in [4.78, 5) is 22.6. The van der Waals surface area contributed by atoms with Crippen molar-refractivity contribution in [2.24, 2.45) is 5.92 Å². The van der Waals surface area contributed by atoms with Crippen LogP contribution in [0.3, 0.4) is 0 Å². The molecule has 2 rings (SSSR count). The SMILES string of the molecule is O=C(NCOC(=O)C1CC1)c1ccc(F)cc1. The number of esters is 1. The lowest BCUT2D eigenvalue weighted by molar-refractivity contribution is -0.145. The van der Waals surface area contributed by atoms with Crippen molar-refractivity contribution in [3.05, 3.63) is 35.6 Å². The summed E-state index contributed by atoms with van der Waals surface area (Å²) in [7, 11) is 0. The first-order chi connectivity index (χ1) is 8.16. The quantitative estimate of drug-likeness (QED) is 0.637. The molecule has 0 heterocycles. The van der Waals surface area contributed by atoms with E-state index in [2.05, 4.69) is 5.32 Å². The number of amides is 1. The molecule has 1 aliphatic carbocycles. The maximum Gasteiger partial charge on any atom is 0.310 e. The fraction of sp³-hybridized carbons (Fsp3) is 0.333. The predicted molar refractivity (Wildman–Crippen MR) is 57.5 cm³/mol. The van der Waals surface area contributed by atoms with Gasteiger partial charge in [-0.1, -0.05) is 0 Å². The molecule has 0 aliphatic heterocycles. The Labute approximate surface area is 97.8 Å². The van der Waals surface area contributed by atoms with Gasteiger partial charge >= 0.3 is 5.97 Å². The van der Waals surface area contributed by atoms with Crippen molar-refractivity contribution in [2.75, 3.05) is 6.73 Å². The molecule has 1 aromatic carbocycles. The Morgan fingerprint density at radius 1 is 1.29 bits per heavy atom. The molecule has 1 amide bonds. The second-order valence-electron chi connectivity index (χ2n) is 3.89. The van der Waals surface area contributed by atoms with E-state index in [4.69, 9.17) is 4.74 Å². The Hall–Kier alpha value is -1.91. The molecule has 0 bridgehead atoms. The second-order valence-corrected chi connectivity index (χ2v) is 3.89. The molecule has 4 nitrogen and oxygen atoms in total. The Morgan fingerprint density at radius 3 is 2.53 bits per heavy atom. The zero-order chi connectivity index (χ0) is 12.3. The van der Waals surface area contributed by atoms with E-state index in [0.717, 1.165) is 12.8 Å². The predicted octanol–water partition coefficient (Wildman–Crippen LogP) is 1.47. The van der Waals surface area contributed by atoms with Gasteiger partial charge in [0, 0.05) is 5.56 Å². The average Bonchev–Trinajstić information content (AvgIpc) is 3.13. The van der Waals surface area contributed by atoms with Crippen LogP contribution in [0.5, 0.6) is 0 Å². The highest BCUT2D eigenvalue weighted by Crippen LogP contribution is 2.29. The minimum atomic E-state index is -0.401. The lowest BCUT2D eigenvalue weighted by atomic mass is 10.2. The molecule has 0 saturated heterocycles. The molecule has 90 valence electrons. The summed E-state index contributed by atoms with van der Waals surface area (Å²) >= 11 is 0. The van der Waals surface area contributed by atoms with Crippen LogP contribution in [0.1, 0.15) is 23.2 Å². The zero-order valence-electron chi connectivity index (χ0n) is 9.11. The first-order valence-electron chi connectivity index (χ1n) is 5.37. The third kappa shape index (κ3) is 3.27. The minimum absolute atomic E-state index is 0.0118. The van der Waals surface area contributed by atoms with Crippen LogP contribution in [0.2, 0.25) is 0 Å². The van der Waals surface area contributed by atoms with Gasteiger partial charge in [0.25, 0.3) is 5.91 Å². The van der Waals surface area contributed by atoms with Crippen LogP contribution in [0.4, 0.5) is 4.39 Å². The van der Waals surface area contributed by atoms with Crippen LogP contribution in [0, 0.1) is 11.7 Å². The smallest absolute Gasteiger partial charge is 0.310 e. The van der Waals surface area contributed by atoms with Crippen LogP contribution < -0.4 is 5.32 Å². The summed E-state index contributed by atoms with van der Waals surface area (Å²) in [5.41, 5.74) is 0.328. The number of hydrogen-bond acceptors (Lipinski definition) is 3. The summed E-state index contributed by atoms with van der Waals surface area (Å²) in [6.07, 6.45) is 1.73. The molecule has 1 aliphatic rings. The molecule has 1 aromatic rings. The Balaban J connectivity index is 1.76. The van der Waals surface area contributed by atoms with Crippen LogP contribution >= 0.6 is 0 Å². The monoisotopic (exact) mass is 237 g/mol. The largest absolute Gasteiger partial charge is 0.444 e. The topological polar surface area (TPSA) is 55.4 Å². The third-order valence-electron chi connectivity index (χ3n) is 2.46. The summed E-state index contributed by atoms with van der Waals surface area (Å²) < 4.78 is 17.4. The molecule has 17 heavy (non-hydrogen) atoms. The van der Waals surface area contributed by atoms with Crippen LogP contribution in [0.15, 0.2) is 24.3 Å². The van der Waals surface area contributed by atoms with Gasteiger partial charge in [-0.2, -0.15) is 0 Å². The van der Waals surface area contributed by atoms with Gasteiger partial charge in [-0.25, -0.2) is 4.39 Å².